The van der Waals surface area contributed by atoms with E-state index in [-0.39, 0.29) is 11.9 Å². The van der Waals surface area contributed by atoms with Gasteiger partial charge in [0.05, 0.1) is 6.61 Å². The molecule has 4 nitrogen and oxygen atoms in total. The number of fused-ring (bicyclic) bond motifs is 2. The fourth-order valence-corrected chi connectivity index (χ4v) is 3.43. The Kier molecular flexibility index (Phi) is 3.54. The monoisotopic (exact) mass is 308 g/mol. The molecule has 4 heteroatoms. The van der Waals surface area contributed by atoms with Gasteiger partial charge in [-0.2, -0.15) is 0 Å². The number of hydrogen-bond donors (Lipinski definition) is 1. The Hall–Kier alpha value is -2.33. The summed E-state index contributed by atoms with van der Waals surface area (Å²) in [5.74, 6) is 1.02. The van der Waals surface area contributed by atoms with Gasteiger partial charge in [0, 0.05) is 25.7 Å². The molecule has 2 heterocycles. The van der Waals surface area contributed by atoms with Gasteiger partial charge in [0.2, 0.25) is 5.91 Å². The zero-order valence-electron chi connectivity index (χ0n) is 13.2. The van der Waals surface area contributed by atoms with E-state index in [1.807, 2.05) is 31.3 Å². The number of anilines is 1. The highest BCUT2D eigenvalue weighted by Crippen LogP contribution is 2.31. The summed E-state index contributed by atoms with van der Waals surface area (Å²) in [4.78, 5) is 14.7. The summed E-state index contributed by atoms with van der Waals surface area (Å²) in [7, 11) is 1.85. The van der Waals surface area contributed by atoms with Crippen LogP contribution >= 0.6 is 0 Å². The summed E-state index contributed by atoms with van der Waals surface area (Å²) in [6, 6.07) is 13.9. The van der Waals surface area contributed by atoms with Crippen molar-refractivity contribution in [3.63, 3.8) is 0 Å². The van der Waals surface area contributed by atoms with Crippen molar-refractivity contribution in [1.82, 2.24) is 5.32 Å². The maximum Gasteiger partial charge on any atom is 0.248 e. The van der Waals surface area contributed by atoms with Crippen LogP contribution in [0, 0.1) is 0 Å². The molecule has 2 aliphatic rings. The molecular formula is C19H20N2O2. The molecule has 118 valence electrons. The van der Waals surface area contributed by atoms with Crippen molar-refractivity contribution in [2.24, 2.45) is 0 Å². The third kappa shape index (κ3) is 2.49. The van der Waals surface area contributed by atoms with E-state index in [1.54, 1.807) is 4.90 Å². The number of amides is 1. The molecule has 0 unspecified atom stereocenters. The van der Waals surface area contributed by atoms with Crippen molar-refractivity contribution in [2.75, 3.05) is 25.1 Å². The van der Waals surface area contributed by atoms with Crippen LogP contribution in [0.1, 0.15) is 22.7 Å². The number of benzene rings is 2. The van der Waals surface area contributed by atoms with Gasteiger partial charge in [-0.1, -0.05) is 24.3 Å². The minimum Gasteiger partial charge on any atom is -0.493 e. The predicted molar refractivity (Wildman–Crippen MR) is 89.9 cm³/mol. The molecule has 0 radical (unpaired) electrons. The van der Waals surface area contributed by atoms with E-state index in [0.717, 1.165) is 43.0 Å². The molecule has 0 saturated heterocycles. The van der Waals surface area contributed by atoms with Crippen LogP contribution in [0.5, 0.6) is 5.75 Å². The first-order valence-electron chi connectivity index (χ1n) is 8.08. The van der Waals surface area contributed by atoms with Gasteiger partial charge < -0.3 is 15.0 Å². The number of nitrogens with one attached hydrogen (secondary N) is 1. The van der Waals surface area contributed by atoms with E-state index < -0.39 is 0 Å². The first kappa shape index (κ1) is 14.3. The average molecular weight is 308 g/mol. The van der Waals surface area contributed by atoms with E-state index >= 15 is 0 Å². The van der Waals surface area contributed by atoms with Crippen LogP contribution in [0.25, 0.3) is 0 Å². The van der Waals surface area contributed by atoms with E-state index in [9.17, 15) is 4.79 Å². The third-order valence-corrected chi connectivity index (χ3v) is 4.75. The summed E-state index contributed by atoms with van der Waals surface area (Å²) in [5.41, 5.74) is 4.46. The van der Waals surface area contributed by atoms with Crippen molar-refractivity contribution in [2.45, 2.75) is 18.9 Å². The maximum atomic E-state index is 13.0. The molecule has 2 aliphatic heterocycles. The molecular weight excluding hydrogens is 288 g/mol. The van der Waals surface area contributed by atoms with Gasteiger partial charge >= 0.3 is 0 Å². The number of ether oxygens (including phenoxy) is 1. The van der Waals surface area contributed by atoms with Crippen LogP contribution in [0.2, 0.25) is 0 Å². The summed E-state index contributed by atoms with van der Waals surface area (Å²) < 4.78 is 5.54. The van der Waals surface area contributed by atoms with Gasteiger partial charge in [-0.05, 0) is 41.3 Å². The lowest BCUT2D eigenvalue weighted by Crippen LogP contribution is -2.42. The highest BCUT2D eigenvalue weighted by molar-refractivity contribution is 5.97. The molecule has 0 aromatic heterocycles. The van der Waals surface area contributed by atoms with Crippen molar-refractivity contribution < 1.29 is 9.53 Å². The number of rotatable bonds is 2. The quantitative estimate of drug-likeness (QED) is 0.926. The zero-order valence-corrected chi connectivity index (χ0v) is 13.2. The Morgan fingerprint density at radius 1 is 1.17 bits per heavy atom. The molecule has 1 atom stereocenters. The Morgan fingerprint density at radius 3 is 2.96 bits per heavy atom. The second kappa shape index (κ2) is 5.70. The van der Waals surface area contributed by atoms with Crippen LogP contribution in [0.4, 0.5) is 5.69 Å². The molecule has 0 fully saturated rings. The van der Waals surface area contributed by atoms with E-state index in [0.29, 0.717) is 0 Å². The first-order chi connectivity index (χ1) is 11.2. The average Bonchev–Trinajstić information content (AvgIpc) is 3.07. The van der Waals surface area contributed by atoms with Crippen molar-refractivity contribution in [1.29, 1.82) is 0 Å². The molecule has 0 aliphatic carbocycles. The predicted octanol–water partition coefficient (Wildman–Crippen LogP) is 2.47. The molecule has 23 heavy (non-hydrogen) atoms. The Bertz CT molecular complexity index is 757. The minimum atomic E-state index is -0.269. The fraction of sp³-hybridized carbons (Fsp3) is 0.316. The van der Waals surface area contributed by atoms with Crippen LogP contribution in [-0.4, -0.2) is 26.1 Å². The zero-order chi connectivity index (χ0) is 15.8. The Morgan fingerprint density at radius 2 is 2.04 bits per heavy atom. The van der Waals surface area contributed by atoms with Gasteiger partial charge in [0.1, 0.15) is 11.8 Å². The Balaban J connectivity index is 1.62. The number of carbonyl (C=O) groups excluding carboxylic acids is 1. The molecule has 1 N–H and O–H groups in total. The lowest BCUT2D eigenvalue weighted by Gasteiger charge is -2.29. The molecule has 0 spiro atoms. The number of nitrogens with zero attached hydrogens (tertiary/aromatic N) is 1. The largest absolute Gasteiger partial charge is 0.493 e. The molecule has 2 aromatic carbocycles. The molecule has 0 saturated carbocycles. The minimum absolute atomic E-state index is 0.0796. The maximum absolute atomic E-state index is 13.0. The van der Waals surface area contributed by atoms with Crippen LogP contribution in [-0.2, 0) is 17.6 Å². The van der Waals surface area contributed by atoms with Crippen molar-refractivity contribution in [3.05, 3.63) is 59.2 Å². The third-order valence-electron chi connectivity index (χ3n) is 4.75. The smallest absolute Gasteiger partial charge is 0.248 e. The van der Waals surface area contributed by atoms with Crippen molar-refractivity contribution in [3.8, 4) is 5.75 Å². The van der Waals surface area contributed by atoms with Crippen LogP contribution < -0.4 is 15.0 Å². The summed E-state index contributed by atoms with van der Waals surface area (Å²) in [6.07, 6.45) is 1.88. The van der Waals surface area contributed by atoms with Crippen molar-refractivity contribution >= 4 is 11.6 Å². The molecule has 1 amide bonds. The van der Waals surface area contributed by atoms with Gasteiger partial charge in [-0.15, -0.1) is 0 Å². The van der Waals surface area contributed by atoms with E-state index in [2.05, 4.69) is 23.5 Å². The van der Waals surface area contributed by atoms with Crippen LogP contribution in [0.3, 0.4) is 0 Å². The molecule has 4 rings (SSSR count). The second-order valence-electron chi connectivity index (χ2n) is 6.12. The highest BCUT2D eigenvalue weighted by atomic mass is 16.5. The molecule has 2 aromatic rings. The van der Waals surface area contributed by atoms with E-state index in [1.165, 1.54) is 11.1 Å². The lowest BCUT2D eigenvalue weighted by atomic mass is 9.93. The second-order valence-corrected chi connectivity index (χ2v) is 6.12. The number of hydrogen-bond acceptors (Lipinski definition) is 3. The van der Waals surface area contributed by atoms with E-state index in [4.69, 9.17) is 4.74 Å². The SMILES string of the molecule is CN(C(=O)[C@@H]1NCCc2ccccc21)c1ccc2c(c1)CCO2. The van der Waals surface area contributed by atoms with Gasteiger partial charge in [-0.25, -0.2) is 0 Å². The summed E-state index contributed by atoms with van der Waals surface area (Å²) in [6.45, 7) is 1.56. The van der Waals surface area contributed by atoms with Gasteiger partial charge in [0.15, 0.2) is 0 Å². The number of carbonyl (C=O) groups is 1. The summed E-state index contributed by atoms with van der Waals surface area (Å²) in [5, 5.41) is 3.36. The normalized spacial score (nSPS) is 18.7. The van der Waals surface area contributed by atoms with Gasteiger partial charge in [0.25, 0.3) is 0 Å². The van der Waals surface area contributed by atoms with Gasteiger partial charge in [-0.3, -0.25) is 4.79 Å². The Labute approximate surface area is 136 Å². The topological polar surface area (TPSA) is 41.6 Å². The standard InChI is InChI=1S/C19H20N2O2/c1-21(15-6-7-17-14(12-15)9-11-23-17)19(22)18-16-5-3-2-4-13(16)8-10-20-18/h2-7,12,18,20H,8-11H2,1H3/t18-/m1/s1. The highest BCUT2D eigenvalue weighted by Gasteiger charge is 2.29. The summed E-state index contributed by atoms with van der Waals surface area (Å²) >= 11 is 0. The fourth-order valence-electron chi connectivity index (χ4n) is 3.43. The first-order valence-corrected chi connectivity index (χ1v) is 8.08. The van der Waals surface area contributed by atoms with Crippen LogP contribution in [0.15, 0.2) is 42.5 Å². The lowest BCUT2D eigenvalue weighted by molar-refractivity contribution is -0.120. The number of likely N-dealkylation sites (N-methyl/N-ethyl adjacent to an activating group) is 1. The molecule has 0 bridgehead atoms.